The minimum absolute atomic E-state index is 0.0996. The van der Waals surface area contributed by atoms with E-state index >= 15 is 0 Å². The molecule has 1 heterocycles. The Kier molecular flexibility index (Phi) is 5.79. The van der Waals surface area contributed by atoms with Gasteiger partial charge in [-0.05, 0) is 41.5 Å². The molecule has 1 aromatic heterocycles. The van der Waals surface area contributed by atoms with Gasteiger partial charge in [0.2, 0.25) is 11.8 Å². The van der Waals surface area contributed by atoms with Gasteiger partial charge in [-0.2, -0.15) is 5.10 Å². The average molecular weight is 360 g/mol. The lowest BCUT2D eigenvalue weighted by molar-refractivity contribution is -0.120. The molecule has 136 valence electrons. The van der Waals surface area contributed by atoms with E-state index in [0.29, 0.717) is 12.2 Å². The second-order valence-electron chi connectivity index (χ2n) is 5.93. The Bertz CT molecular complexity index is 948. The number of hydrogen-bond acceptors (Lipinski definition) is 3. The predicted molar refractivity (Wildman–Crippen MR) is 104 cm³/mol. The number of carbonyl (C=O) groups excluding carboxylic acids is 2. The van der Waals surface area contributed by atoms with Gasteiger partial charge in [-0.25, -0.2) is 4.68 Å². The number of hydrogen-bond donors (Lipinski definition) is 2. The number of aromatic nitrogens is 2. The topological polar surface area (TPSA) is 76.0 Å². The van der Waals surface area contributed by atoms with Gasteiger partial charge in [-0.15, -0.1) is 0 Å². The summed E-state index contributed by atoms with van der Waals surface area (Å²) in [5.41, 5.74) is 3.35. The van der Waals surface area contributed by atoms with Crippen LogP contribution in [0.2, 0.25) is 0 Å². The highest BCUT2D eigenvalue weighted by Crippen LogP contribution is 2.14. The molecule has 2 amide bonds. The Morgan fingerprint density at radius 3 is 2.74 bits per heavy atom. The molecule has 0 aliphatic carbocycles. The minimum atomic E-state index is -0.285. The fourth-order valence-electron chi connectivity index (χ4n) is 2.69. The Labute approximate surface area is 157 Å². The summed E-state index contributed by atoms with van der Waals surface area (Å²) in [5.74, 6) is -0.385. The van der Waals surface area contributed by atoms with Crippen molar-refractivity contribution < 1.29 is 9.59 Å². The maximum atomic E-state index is 12.3. The standard InChI is InChI=1S/C21H20N4O2/c1-2-20(26)24-18-9-5-7-16(13-18)14-21(27)22-15-17-8-3-4-10-19(17)25-12-6-11-23-25/h2-13H,1,14-15H2,(H,22,27)(H,24,26). The molecule has 6 nitrogen and oxygen atoms in total. The zero-order chi connectivity index (χ0) is 19.1. The predicted octanol–water partition coefficient (Wildman–Crippen LogP) is 2.86. The van der Waals surface area contributed by atoms with Crippen LogP contribution in [0, 0.1) is 0 Å². The van der Waals surface area contributed by atoms with E-state index in [1.54, 1.807) is 29.1 Å². The average Bonchev–Trinajstić information content (AvgIpc) is 3.21. The zero-order valence-corrected chi connectivity index (χ0v) is 14.8. The number of carbonyl (C=O) groups is 2. The third-order valence-electron chi connectivity index (χ3n) is 3.96. The first-order valence-corrected chi connectivity index (χ1v) is 8.52. The van der Waals surface area contributed by atoms with Gasteiger partial charge in [0.15, 0.2) is 0 Å². The van der Waals surface area contributed by atoms with E-state index in [-0.39, 0.29) is 18.2 Å². The van der Waals surface area contributed by atoms with Gasteiger partial charge in [0.1, 0.15) is 0 Å². The van der Waals surface area contributed by atoms with Crippen LogP contribution >= 0.6 is 0 Å². The lowest BCUT2D eigenvalue weighted by atomic mass is 10.1. The molecule has 3 rings (SSSR count). The van der Waals surface area contributed by atoms with E-state index in [1.165, 1.54) is 6.08 Å². The summed E-state index contributed by atoms with van der Waals surface area (Å²) >= 11 is 0. The first-order valence-electron chi connectivity index (χ1n) is 8.52. The quantitative estimate of drug-likeness (QED) is 0.636. The number of benzene rings is 2. The third-order valence-corrected chi connectivity index (χ3v) is 3.96. The number of nitrogens with one attached hydrogen (secondary N) is 2. The van der Waals surface area contributed by atoms with Gasteiger partial charge in [0.05, 0.1) is 12.1 Å². The third kappa shape index (κ3) is 4.92. The Balaban J connectivity index is 1.62. The lowest BCUT2D eigenvalue weighted by Crippen LogP contribution is -2.25. The number of anilines is 1. The summed E-state index contributed by atoms with van der Waals surface area (Å²) in [4.78, 5) is 23.7. The van der Waals surface area contributed by atoms with Crippen molar-refractivity contribution in [2.75, 3.05) is 5.32 Å². The molecule has 0 aliphatic rings. The van der Waals surface area contributed by atoms with Crippen LogP contribution in [0.15, 0.2) is 79.6 Å². The molecular weight excluding hydrogens is 340 g/mol. The molecule has 0 saturated carbocycles. The first kappa shape index (κ1) is 18.1. The van der Waals surface area contributed by atoms with E-state index < -0.39 is 0 Å². The molecule has 0 bridgehead atoms. The molecule has 2 N–H and O–H groups in total. The molecule has 0 radical (unpaired) electrons. The van der Waals surface area contributed by atoms with Crippen molar-refractivity contribution in [3.05, 3.63) is 90.8 Å². The maximum Gasteiger partial charge on any atom is 0.247 e. The van der Waals surface area contributed by atoms with Crippen molar-refractivity contribution >= 4 is 17.5 Å². The van der Waals surface area contributed by atoms with Gasteiger partial charge in [0.25, 0.3) is 0 Å². The molecule has 3 aromatic rings. The van der Waals surface area contributed by atoms with E-state index in [1.807, 2.05) is 42.6 Å². The van der Waals surface area contributed by atoms with Crippen molar-refractivity contribution in [3.63, 3.8) is 0 Å². The SMILES string of the molecule is C=CC(=O)Nc1cccc(CC(=O)NCc2ccccc2-n2cccn2)c1. The Morgan fingerprint density at radius 1 is 1.11 bits per heavy atom. The van der Waals surface area contributed by atoms with Crippen LogP contribution in [0.3, 0.4) is 0 Å². The van der Waals surface area contributed by atoms with Crippen molar-refractivity contribution in [2.24, 2.45) is 0 Å². The maximum absolute atomic E-state index is 12.3. The molecule has 0 saturated heterocycles. The van der Waals surface area contributed by atoms with Crippen LogP contribution < -0.4 is 10.6 Å². The molecule has 6 heteroatoms. The van der Waals surface area contributed by atoms with Crippen LogP contribution in [-0.2, 0) is 22.6 Å². The first-order chi connectivity index (χ1) is 13.2. The smallest absolute Gasteiger partial charge is 0.247 e. The molecule has 0 fully saturated rings. The highest BCUT2D eigenvalue weighted by Gasteiger charge is 2.08. The molecule has 2 aromatic carbocycles. The minimum Gasteiger partial charge on any atom is -0.352 e. The number of nitrogens with zero attached hydrogens (tertiary/aromatic N) is 2. The fourth-order valence-corrected chi connectivity index (χ4v) is 2.69. The van der Waals surface area contributed by atoms with E-state index in [0.717, 1.165) is 16.8 Å². The zero-order valence-electron chi connectivity index (χ0n) is 14.8. The molecule has 0 aliphatic heterocycles. The summed E-state index contributed by atoms with van der Waals surface area (Å²) in [7, 11) is 0. The van der Waals surface area contributed by atoms with Crippen LogP contribution in [0.25, 0.3) is 5.69 Å². The monoisotopic (exact) mass is 360 g/mol. The second kappa shape index (κ2) is 8.62. The van der Waals surface area contributed by atoms with Gasteiger partial charge in [-0.1, -0.05) is 36.9 Å². The summed E-state index contributed by atoms with van der Waals surface area (Å²) in [5, 5.41) is 9.87. The second-order valence-corrected chi connectivity index (χ2v) is 5.93. The number of rotatable bonds is 7. The Morgan fingerprint density at radius 2 is 1.96 bits per heavy atom. The van der Waals surface area contributed by atoms with Crippen molar-refractivity contribution in [3.8, 4) is 5.69 Å². The number of para-hydroxylation sites is 1. The highest BCUT2D eigenvalue weighted by molar-refractivity contribution is 5.98. The van der Waals surface area contributed by atoms with Crippen LogP contribution in [-0.4, -0.2) is 21.6 Å². The molecule has 27 heavy (non-hydrogen) atoms. The van der Waals surface area contributed by atoms with Gasteiger partial charge in [0, 0.05) is 24.6 Å². The van der Waals surface area contributed by atoms with Crippen LogP contribution in [0.1, 0.15) is 11.1 Å². The van der Waals surface area contributed by atoms with Gasteiger partial charge >= 0.3 is 0 Å². The molecule has 0 spiro atoms. The molecular formula is C21H20N4O2. The van der Waals surface area contributed by atoms with E-state index in [9.17, 15) is 9.59 Å². The summed E-state index contributed by atoms with van der Waals surface area (Å²) in [6.07, 6.45) is 5.01. The van der Waals surface area contributed by atoms with Gasteiger partial charge in [-0.3, -0.25) is 9.59 Å². The van der Waals surface area contributed by atoms with Gasteiger partial charge < -0.3 is 10.6 Å². The fraction of sp³-hybridized carbons (Fsp3) is 0.0952. The largest absolute Gasteiger partial charge is 0.352 e. The van der Waals surface area contributed by atoms with E-state index in [2.05, 4.69) is 22.3 Å². The van der Waals surface area contributed by atoms with Crippen molar-refractivity contribution in [2.45, 2.75) is 13.0 Å². The van der Waals surface area contributed by atoms with E-state index in [4.69, 9.17) is 0 Å². The summed E-state index contributed by atoms with van der Waals surface area (Å²) < 4.78 is 1.77. The normalized spacial score (nSPS) is 10.2. The summed E-state index contributed by atoms with van der Waals surface area (Å²) in [6.45, 7) is 3.83. The lowest BCUT2D eigenvalue weighted by Gasteiger charge is -2.11. The van der Waals surface area contributed by atoms with Crippen LogP contribution in [0.5, 0.6) is 0 Å². The van der Waals surface area contributed by atoms with Crippen molar-refractivity contribution in [1.82, 2.24) is 15.1 Å². The van der Waals surface area contributed by atoms with Crippen molar-refractivity contribution in [1.29, 1.82) is 0 Å². The molecule has 0 unspecified atom stereocenters. The highest BCUT2D eigenvalue weighted by atomic mass is 16.2. The van der Waals surface area contributed by atoms with Crippen LogP contribution in [0.4, 0.5) is 5.69 Å². The molecule has 0 atom stereocenters. The summed E-state index contributed by atoms with van der Waals surface area (Å²) in [6, 6.07) is 16.8. The number of amides is 2. The Hall–Kier alpha value is -3.67.